The Hall–Kier alpha value is -1.88. The van der Waals surface area contributed by atoms with E-state index < -0.39 is 0 Å². The third-order valence-corrected chi connectivity index (χ3v) is 2.96. The molecule has 2 N–H and O–H groups in total. The number of esters is 1. The highest BCUT2D eigenvalue weighted by atomic mass is 79.9. The average molecular weight is 321 g/mol. The molecule has 0 fully saturated rings. The third kappa shape index (κ3) is 4.06. The minimum absolute atomic E-state index is 0.316. The zero-order chi connectivity index (χ0) is 13.7. The van der Waals surface area contributed by atoms with E-state index in [9.17, 15) is 4.79 Å². The van der Waals surface area contributed by atoms with Crippen LogP contribution in [0.3, 0.4) is 0 Å². The molecular weight excluding hydrogens is 308 g/mol. The molecule has 0 saturated carbocycles. The first-order valence-corrected chi connectivity index (χ1v) is 6.56. The SMILES string of the molecule is Nc1cc(Br)cc(C(=O)OCCc2cccnc2)c1. The third-order valence-electron chi connectivity index (χ3n) is 2.50. The Morgan fingerprint density at radius 2 is 2.21 bits per heavy atom. The van der Waals surface area contributed by atoms with Crippen LogP contribution in [0.4, 0.5) is 5.69 Å². The van der Waals surface area contributed by atoms with Gasteiger partial charge in [0, 0.05) is 29.0 Å². The lowest BCUT2D eigenvalue weighted by Crippen LogP contribution is -2.08. The first-order valence-electron chi connectivity index (χ1n) is 5.77. The number of nitrogens with two attached hydrogens (primary N) is 1. The highest BCUT2D eigenvalue weighted by molar-refractivity contribution is 9.10. The molecule has 0 unspecified atom stereocenters. The molecule has 0 saturated heterocycles. The Morgan fingerprint density at radius 1 is 1.37 bits per heavy atom. The summed E-state index contributed by atoms with van der Waals surface area (Å²) in [5.41, 5.74) is 7.67. The van der Waals surface area contributed by atoms with Crippen LogP contribution in [0.15, 0.2) is 47.2 Å². The van der Waals surface area contributed by atoms with E-state index in [1.807, 2.05) is 12.1 Å². The van der Waals surface area contributed by atoms with Crippen molar-refractivity contribution in [3.63, 3.8) is 0 Å². The van der Waals surface area contributed by atoms with Crippen molar-refractivity contribution in [1.82, 2.24) is 4.98 Å². The Bertz CT molecular complexity index is 553. The van der Waals surface area contributed by atoms with Gasteiger partial charge in [-0.2, -0.15) is 0 Å². The Kier molecular flexibility index (Phi) is 4.52. The van der Waals surface area contributed by atoms with Crippen LogP contribution in [0.1, 0.15) is 15.9 Å². The monoisotopic (exact) mass is 320 g/mol. The molecule has 19 heavy (non-hydrogen) atoms. The summed E-state index contributed by atoms with van der Waals surface area (Å²) in [6.07, 6.45) is 4.10. The van der Waals surface area contributed by atoms with E-state index in [2.05, 4.69) is 20.9 Å². The molecular formula is C14H13BrN2O2. The number of carbonyl (C=O) groups is 1. The molecule has 0 spiro atoms. The van der Waals surface area contributed by atoms with Crippen LogP contribution in [0.25, 0.3) is 0 Å². The predicted octanol–water partition coefficient (Wildman–Crippen LogP) is 2.83. The molecule has 0 radical (unpaired) electrons. The Balaban J connectivity index is 1.91. The van der Waals surface area contributed by atoms with Gasteiger partial charge in [0.05, 0.1) is 12.2 Å². The van der Waals surface area contributed by atoms with Gasteiger partial charge in [-0.3, -0.25) is 4.98 Å². The second kappa shape index (κ2) is 6.33. The van der Waals surface area contributed by atoms with Gasteiger partial charge < -0.3 is 10.5 Å². The molecule has 0 atom stereocenters. The fraction of sp³-hybridized carbons (Fsp3) is 0.143. The molecule has 2 aromatic rings. The summed E-state index contributed by atoms with van der Waals surface area (Å²) in [4.78, 5) is 15.8. The average Bonchev–Trinajstić information content (AvgIpc) is 2.38. The standard InChI is InChI=1S/C14H13BrN2O2/c15-12-6-11(7-13(16)8-12)14(18)19-5-3-10-2-1-4-17-9-10/h1-2,4,6-9H,3,5,16H2. The fourth-order valence-electron chi connectivity index (χ4n) is 1.62. The van der Waals surface area contributed by atoms with Crippen molar-refractivity contribution in [2.24, 2.45) is 0 Å². The summed E-state index contributed by atoms with van der Waals surface area (Å²) in [5, 5.41) is 0. The maximum Gasteiger partial charge on any atom is 0.338 e. The number of ether oxygens (including phenoxy) is 1. The molecule has 1 aromatic heterocycles. The summed E-state index contributed by atoms with van der Waals surface area (Å²) in [6, 6.07) is 8.80. The molecule has 0 aliphatic carbocycles. The topological polar surface area (TPSA) is 65.2 Å². The second-order valence-electron chi connectivity index (χ2n) is 4.02. The van der Waals surface area contributed by atoms with Crippen LogP contribution in [0.5, 0.6) is 0 Å². The van der Waals surface area contributed by atoms with Gasteiger partial charge in [0.2, 0.25) is 0 Å². The second-order valence-corrected chi connectivity index (χ2v) is 4.94. The van der Waals surface area contributed by atoms with Crippen molar-refractivity contribution < 1.29 is 9.53 Å². The molecule has 0 amide bonds. The number of hydrogen-bond donors (Lipinski definition) is 1. The number of nitrogen functional groups attached to an aromatic ring is 1. The molecule has 0 bridgehead atoms. The minimum Gasteiger partial charge on any atom is -0.462 e. The number of halogens is 1. The smallest absolute Gasteiger partial charge is 0.338 e. The zero-order valence-corrected chi connectivity index (χ0v) is 11.8. The molecule has 1 heterocycles. The van der Waals surface area contributed by atoms with E-state index in [1.54, 1.807) is 30.6 Å². The van der Waals surface area contributed by atoms with Gasteiger partial charge in [0.1, 0.15) is 0 Å². The van der Waals surface area contributed by atoms with E-state index >= 15 is 0 Å². The van der Waals surface area contributed by atoms with Crippen molar-refractivity contribution in [2.75, 3.05) is 12.3 Å². The maximum absolute atomic E-state index is 11.8. The molecule has 0 aliphatic rings. The number of nitrogens with zero attached hydrogens (tertiary/aromatic N) is 1. The van der Waals surface area contributed by atoms with Crippen LogP contribution in [-0.4, -0.2) is 17.6 Å². The van der Waals surface area contributed by atoms with Crippen molar-refractivity contribution in [1.29, 1.82) is 0 Å². The van der Waals surface area contributed by atoms with E-state index in [0.29, 0.717) is 24.3 Å². The zero-order valence-electron chi connectivity index (χ0n) is 10.2. The molecule has 98 valence electrons. The lowest BCUT2D eigenvalue weighted by atomic mass is 10.2. The Labute approximate surface area is 119 Å². The van der Waals surface area contributed by atoms with Gasteiger partial charge in [-0.15, -0.1) is 0 Å². The minimum atomic E-state index is -0.378. The number of hydrogen-bond acceptors (Lipinski definition) is 4. The normalized spacial score (nSPS) is 10.2. The van der Waals surface area contributed by atoms with Crippen molar-refractivity contribution in [3.8, 4) is 0 Å². The highest BCUT2D eigenvalue weighted by Crippen LogP contribution is 2.18. The molecule has 4 nitrogen and oxygen atoms in total. The number of rotatable bonds is 4. The lowest BCUT2D eigenvalue weighted by molar-refractivity contribution is 0.0509. The number of benzene rings is 1. The molecule has 0 aliphatic heterocycles. The van der Waals surface area contributed by atoms with E-state index in [4.69, 9.17) is 10.5 Å². The molecule has 5 heteroatoms. The van der Waals surface area contributed by atoms with E-state index in [0.717, 1.165) is 10.0 Å². The van der Waals surface area contributed by atoms with Crippen molar-refractivity contribution >= 4 is 27.6 Å². The Morgan fingerprint density at radius 3 is 2.89 bits per heavy atom. The molecule has 1 aromatic carbocycles. The van der Waals surface area contributed by atoms with Crippen molar-refractivity contribution in [3.05, 3.63) is 58.3 Å². The first-order chi connectivity index (χ1) is 9.15. The van der Waals surface area contributed by atoms with Gasteiger partial charge in [0.15, 0.2) is 0 Å². The van der Waals surface area contributed by atoms with Gasteiger partial charge in [0.25, 0.3) is 0 Å². The quantitative estimate of drug-likeness (QED) is 0.695. The van der Waals surface area contributed by atoms with E-state index in [-0.39, 0.29) is 5.97 Å². The largest absolute Gasteiger partial charge is 0.462 e. The number of carbonyl (C=O) groups excluding carboxylic acids is 1. The predicted molar refractivity (Wildman–Crippen MR) is 76.8 cm³/mol. The van der Waals surface area contributed by atoms with Crippen LogP contribution in [0, 0.1) is 0 Å². The summed E-state index contributed by atoms with van der Waals surface area (Å²) in [7, 11) is 0. The van der Waals surface area contributed by atoms with Crippen LogP contribution in [0.2, 0.25) is 0 Å². The number of anilines is 1. The van der Waals surface area contributed by atoms with Gasteiger partial charge in [-0.05, 0) is 29.8 Å². The van der Waals surface area contributed by atoms with Crippen LogP contribution < -0.4 is 5.73 Å². The van der Waals surface area contributed by atoms with Crippen molar-refractivity contribution in [2.45, 2.75) is 6.42 Å². The first kappa shape index (κ1) is 13.5. The fourth-order valence-corrected chi connectivity index (χ4v) is 2.13. The van der Waals surface area contributed by atoms with Gasteiger partial charge in [-0.1, -0.05) is 22.0 Å². The number of aromatic nitrogens is 1. The number of pyridine rings is 1. The lowest BCUT2D eigenvalue weighted by Gasteiger charge is -2.06. The van der Waals surface area contributed by atoms with Crippen LogP contribution in [-0.2, 0) is 11.2 Å². The summed E-state index contributed by atoms with van der Waals surface area (Å²) in [6.45, 7) is 0.316. The van der Waals surface area contributed by atoms with Gasteiger partial charge >= 0.3 is 5.97 Å². The van der Waals surface area contributed by atoms with Gasteiger partial charge in [-0.25, -0.2) is 4.79 Å². The summed E-state index contributed by atoms with van der Waals surface area (Å²) in [5.74, 6) is -0.378. The van der Waals surface area contributed by atoms with E-state index in [1.165, 1.54) is 0 Å². The highest BCUT2D eigenvalue weighted by Gasteiger charge is 2.08. The summed E-state index contributed by atoms with van der Waals surface area (Å²) >= 11 is 3.29. The van der Waals surface area contributed by atoms with Crippen LogP contribution >= 0.6 is 15.9 Å². The molecule has 2 rings (SSSR count). The summed E-state index contributed by atoms with van der Waals surface area (Å²) < 4.78 is 5.96. The maximum atomic E-state index is 11.8.